The van der Waals surface area contributed by atoms with Crippen molar-refractivity contribution in [1.29, 1.82) is 0 Å². The molecule has 0 atom stereocenters. The van der Waals surface area contributed by atoms with Gasteiger partial charge in [-0.15, -0.1) is 0 Å². The first-order valence-electron chi connectivity index (χ1n) is 8.28. The van der Waals surface area contributed by atoms with Crippen LogP contribution in [0.5, 0.6) is 0 Å². The molecule has 0 unspecified atom stereocenters. The maximum absolute atomic E-state index is 12.5. The molecule has 118 valence electrons. The highest BCUT2D eigenvalue weighted by Crippen LogP contribution is 2.54. The topological polar surface area (TPSA) is 41.6 Å². The molecule has 1 N–H and O–H groups in total. The van der Waals surface area contributed by atoms with Crippen molar-refractivity contribution in [2.24, 2.45) is 0 Å². The van der Waals surface area contributed by atoms with E-state index in [1.54, 1.807) is 0 Å². The summed E-state index contributed by atoms with van der Waals surface area (Å²) in [5.41, 5.74) is 3.35. The Labute approximate surface area is 131 Å². The average Bonchev–Trinajstić information content (AvgIpc) is 3.36. The lowest BCUT2D eigenvalue weighted by atomic mass is 10.1. The van der Waals surface area contributed by atoms with Crippen molar-refractivity contribution in [3.8, 4) is 0 Å². The van der Waals surface area contributed by atoms with Crippen molar-refractivity contribution in [3.63, 3.8) is 0 Å². The molecule has 22 heavy (non-hydrogen) atoms. The number of rotatable bonds is 3. The van der Waals surface area contributed by atoms with Gasteiger partial charge in [-0.25, -0.2) is 0 Å². The van der Waals surface area contributed by atoms with Crippen molar-refractivity contribution in [2.75, 3.05) is 25.0 Å². The van der Waals surface area contributed by atoms with Crippen molar-refractivity contribution < 1.29 is 9.53 Å². The summed E-state index contributed by atoms with van der Waals surface area (Å²) in [5, 5.41) is 3.10. The third-order valence-corrected chi connectivity index (χ3v) is 5.18. The fourth-order valence-electron chi connectivity index (χ4n) is 3.70. The lowest BCUT2D eigenvalue weighted by Crippen LogP contribution is -2.52. The summed E-state index contributed by atoms with van der Waals surface area (Å²) < 4.78 is 6.28. The smallest absolute Gasteiger partial charge is 0.238 e. The minimum Gasteiger partial charge on any atom is -0.366 e. The summed E-state index contributed by atoms with van der Waals surface area (Å²) in [5.74, 6) is 0.0888. The molecule has 1 heterocycles. The van der Waals surface area contributed by atoms with Crippen molar-refractivity contribution in [3.05, 3.63) is 29.3 Å². The van der Waals surface area contributed by atoms with E-state index in [-0.39, 0.29) is 17.1 Å². The quantitative estimate of drug-likeness (QED) is 0.933. The molecule has 0 aromatic heterocycles. The standard InChI is InChI=1S/C18H24N2O2/c1-13-4-3-5-14(2)16(13)19-15(21)10-20-11-17(6-7-17)22-18(12-20)8-9-18/h3-5H,6-12H2,1-2H3,(H,19,21). The van der Waals surface area contributed by atoms with E-state index < -0.39 is 0 Å². The fourth-order valence-corrected chi connectivity index (χ4v) is 3.70. The number of hydrogen-bond acceptors (Lipinski definition) is 3. The molecule has 2 aliphatic carbocycles. The van der Waals surface area contributed by atoms with Crippen LogP contribution >= 0.6 is 0 Å². The number of carbonyl (C=O) groups excluding carboxylic acids is 1. The van der Waals surface area contributed by atoms with E-state index in [0.717, 1.165) is 55.6 Å². The molecule has 1 amide bonds. The van der Waals surface area contributed by atoms with Crippen LogP contribution in [-0.4, -0.2) is 41.6 Å². The van der Waals surface area contributed by atoms with Gasteiger partial charge in [0.25, 0.3) is 0 Å². The van der Waals surface area contributed by atoms with Crippen LogP contribution in [0.25, 0.3) is 0 Å². The number of nitrogens with one attached hydrogen (secondary N) is 1. The first-order chi connectivity index (χ1) is 10.5. The zero-order valence-electron chi connectivity index (χ0n) is 13.4. The van der Waals surface area contributed by atoms with Gasteiger partial charge in [-0.05, 0) is 50.7 Å². The number of para-hydroxylation sites is 1. The lowest BCUT2D eigenvalue weighted by Gasteiger charge is -2.38. The van der Waals surface area contributed by atoms with Gasteiger partial charge in [0.15, 0.2) is 0 Å². The van der Waals surface area contributed by atoms with E-state index >= 15 is 0 Å². The molecule has 1 saturated heterocycles. The third kappa shape index (κ3) is 2.66. The van der Waals surface area contributed by atoms with E-state index in [9.17, 15) is 4.79 Å². The molecule has 2 spiro atoms. The zero-order valence-corrected chi connectivity index (χ0v) is 13.4. The Kier molecular flexibility index (Phi) is 3.10. The minimum absolute atomic E-state index is 0.0770. The van der Waals surface area contributed by atoms with Crippen LogP contribution < -0.4 is 5.32 Å². The molecular formula is C18H24N2O2. The van der Waals surface area contributed by atoms with E-state index in [2.05, 4.69) is 10.2 Å². The van der Waals surface area contributed by atoms with Crippen LogP contribution in [-0.2, 0) is 9.53 Å². The van der Waals surface area contributed by atoms with E-state index in [1.165, 1.54) is 0 Å². The SMILES string of the molecule is Cc1cccc(C)c1NC(=O)CN1CC2(CC2)OC2(CC2)C1. The molecule has 4 heteroatoms. The predicted molar refractivity (Wildman–Crippen MR) is 86.0 cm³/mol. The summed E-state index contributed by atoms with van der Waals surface area (Å²) in [6, 6.07) is 6.10. The Morgan fingerprint density at radius 3 is 2.18 bits per heavy atom. The van der Waals surface area contributed by atoms with Crippen LogP contribution in [0.1, 0.15) is 36.8 Å². The van der Waals surface area contributed by atoms with Crippen LogP contribution in [0.4, 0.5) is 5.69 Å². The predicted octanol–water partition coefficient (Wildman–Crippen LogP) is 2.64. The summed E-state index contributed by atoms with van der Waals surface area (Å²) >= 11 is 0. The molecule has 4 nitrogen and oxygen atoms in total. The highest BCUT2D eigenvalue weighted by molar-refractivity contribution is 5.93. The number of carbonyl (C=O) groups is 1. The van der Waals surface area contributed by atoms with E-state index in [0.29, 0.717) is 6.54 Å². The van der Waals surface area contributed by atoms with E-state index in [1.807, 2.05) is 32.0 Å². The molecule has 2 saturated carbocycles. The van der Waals surface area contributed by atoms with Crippen LogP contribution in [0.15, 0.2) is 18.2 Å². The Morgan fingerprint density at radius 1 is 1.14 bits per heavy atom. The molecule has 0 bridgehead atoms. The second-order valence-corrected chi connectivity index (χ2v) is 7.43. The monoisotopic (exact) mass is 300 g/mol. The first-order valence-corrected chi connectivity index (χ1v) is 8.28. The summed E-state index contributed by atoms with van der Waals surface area (Å²) in [6.07, 6.45) is 4.63. The van der Waals surface area contributed by atoms with Gasteiger partial charge in [-0.2, -0.15) is 0 Å². The minimum atomic E-state index is 0.0770. The van der Waals surface area contributed by atoms with Gasteiger partial charge in [0.1, 0.15) is 0 Å². The number of morpholine rings is 1. The highest BCUT2D eigenvalue weighted by atomic mass is 16.5. The third-order valence-electron chi connectivity index (χ3n) is 5.18. The fraction of sp³-hybridized carbons (Fsp3) is 0.611. The summed E-state index contributed by atoms with van der Waals surface area (Å²) in [7, 11) is 0. The first kappa shape index (κ1) is 14.2. The zero-order chi connectivity index (χ0) is 15.4. The Bertz CT molecular complexity index is 577. The molecule has 1 aromatic carbocycles. The maximum Gasteiger partial charge on any atom is 0.238 e. The second kappa shape index (κ2) is 4.80. The van der Waals surface area contributed by atoms with Crippen molar-refractivity contribution >= 4 is 11.6 Å². The Morgan fingerprint density at radius 2 is 1.68 bits per heavy atom. The van der Waals surface area contributed by atoms with Gasteiger partial charge in [-0.1, -0.05) is 18.2 Å². The summed E-state index contributed by atoms with van der Waals surface area (Å²) in [6.45, 7) is 6.37. The normalized spacial score (nSPS) is 24.5. The number of nitrogens with zero attached hydrogens (tertiary/aromatic N) is 1. The van der Waals surface area contributed by atoms with Gasteiger partial charge < -0.3 is 10.1 Å². The molecule has 3 aliphatic rings. The van der Waals surface area contributed by atoms with Crippen LogP contribution in [0, 0.1) is 13.8 Å². The Balaban J connectivity index is 1.42. The second-order valence-electron chi connectivity index (χ2n) is 7.43. The number of hydrogen-bond donors (Lipinski definition) is 1. The molecule has 4 rings (SSSR count). The number of ether oxygens (including phenoxy) is 1. The molecular weight excluding hydrogens is 276 g/mol. The van der Waals surface area contributed by atoms with Gasteiger partial charge in [0, 0.05) is 18.8 Å². The molecule has 1 aromatic rings. The number of benzene rings is 1. The number of amides is 1. The molecule has 0 radical (unpaired) electrons. The van der Waals surface area contributed by atoms with Crippen molar-refractivity contribution in [2.45, 2.75) is 50.7 Å². The van der Waals surface area contributed by atoms with Crippen LogP contribution in [0.2, 0.25) is 0 Å². The van der Waals surface area contributed by atoms with Gasteiger partial charge in [0.2, 0.25) is 5.91 Å². The number of aryl methyl sites for hydroxylation is 2. The van der Waals surface area contributed by atoms with Crippen molar-refractivity contribution in [1.82, 2.24) is 4.90 Å². The van der Waals surface area contributed by atoms with Gasteiger partial charge in [0.05, 0.1) is 17.7 Å². The Hall–Kier alpha value is -1.39. The number of anilines is 1. The average molecular weight is 300 g/mol. The largest absolute Gasteiger partial charge is 0.366 e. The van der Waals surface area contributed by atoms with Gasteiger partial charge >= 0.3 is 0 Å². The maximum atomic E-state index is 12.5. The summed E-state index contributed by atoms with van der Waals surface area (Å²) in [4.78, 5) is 14.8. The molecule has 3 fully saturated rings. The highest BCUT2D eigenvalue weighted by Gasteiger charge is 2.60. The van der Waals surface area contributed by atoms with Gasteiger partial charge in [-0.3, -0.25) is 9.69 Å². The van der Waals surface area contributed by atoms with E-state index in [4.69, 9.17) is 4.74 Å². The lowest BCUT2D eigenvalue weighted by molar-refractivity contribution is -0.130. The van der Waals surface area contributed by atoms with Crippen LogP contribution in [0.3, 0.4) is 0 Å². The molecule has 1 aliphatic heterocycles.